The SMILES string of the molecule is CCCNC(=O)CN1C(=O)CS[C@H](c2ccc(F)cc2F)c2c(-c3ccccc3)nn(-c3cccc(C)c3C)c21. The van der Waals surface area contributed by atoms with Gasteiger partial charge >= 0.3 is 0 Å². The monoisotopic (exact) mass is 560 g/mol. The van der Waals surface area contributed by atoms with Gasteiger partial charge in [0.15, 0.2) is 0 Å². The van der Waals surface area contributed by atoms with Crippen LogP contribution >= 0.6 is 11.8 Å². The Bertz CT molecular complexity index is 1570. The van der Waals surface area contributed by atoms with Crippen LogP contribution in [0.2, 0.25) is 0 Å². The number of aryl methyl sites for hydroxylation is 1. The standard InChI is InChI=1S/C31H30F2N4O2S/c1-4-15-34-26(38)17-36-27(39)18-40-30(23-14-13-22(32)16-24(23)33)28-29(21-10-6-5-7-11-21)35-37(31(28)36)25-12-8-9-19(2)20(25)3/h5-14,16,30H,4,15,17-18H2,1-3H3,(H,34,38)/t30-/m1/s1. The zero-order valence-corrected chi connectivity index (χ0v) is 23.4. The number of nitrogens with zero attached hydrogens (tertiary/aromatic N) is 3. The average molecular weight is 561 g/mol. The fourth-order valence-electron chi connectivity index (χ4n) is 4.89. The number of carbonyl (C=O) groups excluding carboxylic acids is 2. The lowest BCUT2D eigenvalue weighted by molar-refractivity contribution is -0.122. The molecular weight excluding hydrogens is 530 g/mol. The lowest BCUT2D eigenvalue weighted by Gasteiger charge is -2.24. The summed E-state index contributed by atoms with van der Waals surface area (Å²) in [5, 5.41) is 7.21. The zero-order valence-electron chi connectivity index (χ0n) is 22.6. The van der Waals surface area contributed by atoms with Crippen molar-refractivity contribution < 1.29 is 18.4 Å². The second-order valence-electron chi connectivity index (χ2n) is 9.77. The van der Waals surface area contributed by atoms with E-state index in [-0.39, 0.29) is 29.7 Å². The lowest BCUT2D eigenvalue weighted by atomic mass is 9.99. The van der Waals surface area contributed by atoms with E-state index in [0.29, 0.717) is 23.6 Å². The summed E-state index contributed by atoms with van der Waals surface area (Å²) >= 11 is 1.24. The van der Waals surface area contributed by atoms with Crippen LogP contribution in [0.15, 0.2) is 66.7 Å². The van der Waals surface area contributed by atoms with Gasteiger partial charge in [-0.3, -0.25) is 14.5 Å². The number of hydrogen-bond donors (Lipinski definition) is 1. The number of rotatable bonds is 7. The molecule has 1 N–H and O–H groups in total. The first-order valence-corrected chi connectivity index (χ1v) is 14.2. The summed E-state index contributed by atoms with van der Waals surface area (Å²) < 4.78 is 31.0. The molecule has 0 unspecified atom stereocenters. The molecule has 1 aliphatic heterocycles. The number of benzene rings is 3. The Labute approximate surface area is 236 Å². The van der Waals surface area contributed by atoms with Gasteiger partial charge in [-0.2, -0.15) is 5.10 Å². The van der Waals surface area contributed by atoms with Crippen molar-refractivity contribution in [2.45, 2.75) is 32.4 Å². The highest BCUT2D eigenvalue weighted by Gasteiger charge is 2.38. The summed E-state index contributed by atoms with van der Waals surface area (Å²) in [6.45, 7) is 6.19. The molecule has 0 saturated heterocycles. The van der Waals surface area contributed by atoms with Gasteiger partial charge in [0.1, 0.15) is 24.0 Å². The maximum atomic E-state index is 15.3. The number of hydrogen-bond acceptors (Lipinski definition) is 4. The van der Waals surface area contributed by atoms with Crippen LogP contribution < -0.4 is 10.2 Å². The largest absolute Gasteiger partial charge is 0.355 e. The van der Waals surface area contributed by atoms with Gasteiger partial charge in [0, 0.05) is 29.3 Å². The van der Waals surface area contributed by atoms with Crippen molar-refractivity contribution >= 4 is 29.4 Å². The van der Waals surface area contributed by atoms with Gasteiger partial charge in [-0.1, -0.05) is 55.5 Å². The summed E-state index contributed by atoms with van der Waals surface area (Å²) in [5.41, 5.74) is 4.91. The molecule has 1 atom stereocenters. The van der Waals surface area contributed by atoms with Gasteiger partial charge in [-0.05, 0) is 43.5 Å². The molecule has 5 rings (SSSR count). The van der Waals surface area contributed by atoms with E-state index in [1.54, 1.807) is 4.68 Å². The highest BCUT2D eigenvalue weighted by molar-refractivity contribution is 8.00. The van der Waals surface area contributed by atoms with Gasteiger partial charge in [0.25, 0.3) is 0 Å². The molecule has 0 bridgehead atoms. The second kappa shape index (κ2) is 11.6. The van der Waals surface area contributed by atoms with Crippen molar-refractivity contribution in [3.63, 3.8) is 0 Å². The van der Waals surface area contributed by atoms with Gasteiger partial charge in [0.2, 0.25) is 11.8 Å². The van der Waals surface area contributed by atoms with Crippen molar-refractivity contribution in [1.82, 2.24) is 15.1 Å². The van der Waals surface area contributed by atoms with Crippen LogP contribution in [0.5, 0.6) is 0 Å². The first kappa shape index (κ1) is 27.6. The summed E-state index contributed by atoms with van der Waals surface area (Å²) in [4.78, 5) is 28.2. The van der Waals surface area contributed by atoms with Gasteiger partial charge < -0.3 is 5.32 Å². The van der Waals surface area contributed by atoms with Crippen molar-refractivity contribution in [2.75, 3.05) is 23.7 Å². The highest BCUT2D eigenvalue weighted by atomic mass is 32.2. The minimum Gasteiger partial charge on any atom is -0.355 e. The van der Waals surface area contributed by atoms with E-state index in [0.717, 1.165) is 34.9 Å². The molecular formula is C31H30F2N4O2S. The van der Waals surface area contributed by atoms with Gasteiger partial charge in [0.05, 0.1) is 22.4 Å². The number of nitrogens with one attached hydrogen (secondary N) is 1. The molecule has 0 spiro atoms. The van der Waals surface area contributed by atoms with Crippen molar-refractivity contribution in [3.05, 3.63) is 101 Å². The molecule has 2 heterocycles. The van der Waals surface area contributed by atoms with E-state index in [9.17, 15) is 14.0 Å². The predicted molar refractivity (Wildman–Crippen MR) is 155 cm³/mol. The predicted octanol–water partition coefficient (Wildman–Crippen LogP) is 6.13. The quantitative estimate of drug-likeness (QED) is 0.295. The van der Waals surface area contributed by atoms with E-state index >= 15 is 4.39 Å². The summed E-state index contributed by atoms with van der Waals surface area (Å²) in [6, 6.07) is 18.8. The van der Waals surface area contributed by atoms with Crippen LogP contribution in [0.25, 0.3) is 16.9 Å². The number of halogens is 2. The first-order valence-electron chi connectivity index (χ1n) is 13.2. The molecule has 0 aliphatic carbocycles. The van der Waals surface area contributed by atoms with Crippen LogP contribution in [0.1, 0.15) is 40.8 Å². The molecule has 0 radical (unpaired) electrons. The molecule has 1 aliphatic rings. The minimum absolute atomic E-state index is 0.00174. The van der Waals surface area contributed by atoms with Crippen molar-refractivity contribution in [1.29, 1.82) is 0 Å². The lowest BCUT2D eigenvalue weighted by Crippen LogP contribution is -2.42. The van der Waals surface area contributed by atoms with E-state index < -0.39 is 16.9 Å². The normalized spacial score (nSPS) is 15.1. The Morgan fingerprint density at radius 2 is 1.85 bits per heavy atom. The van der Waals surface area contributed by atoms with E-state index in [1.807, 2.05) is 69.3 Å². The number of aromatic nitrogens is 2. The fraction of sp³-hybridized carbons (Fsp3) is 0.258. The summed E-state index contributed by atoms with van der Waals surface area (Å²) in [5.74, 6) is -1.58. The molecule has 1 aromatic heterocycles. The molecule has 9 heteroatoms. The van der Waals surface area contributed by atoms with Gasteiger partial charge in [-0.15, -0.1) is 11.8 Å². The summed E-state index contributed by atoms with van der Waals surface area (Å²) in [7, 11) is 0. The molecule has 6 nitrogen and oxygen atoms in total. The number of fused-ring (bicyclic) bond motifs is 1. The maximum Gasteiger partial charge on any atom is 0.240 e. The van der Waals surface area contributed by atoms with Crippen LogP contribution in [-0.4, -0.2) is 40.4 Å². The fourth-order valence-corrected chi connectivity index (χ4v) is 6.10. The number of thioether (sulfide) groups is 1. The molecule has 3 aromatic carbocycles. The third-order valence-corrected chi connectivity index (χ3v) is 8.30. The third-order valence-electron chi connectivity index (χ3n) is 7.06. The first-order chi connectivity index (χ1) is 19.3. The summed E-state index contributed by atoms with van der Waals surface area (Å²) in [6.07, 6.45) is 0.755. The Hall–Kier alpha value is -3.98. The topological polar surface area (TPSA) is 67.2 Å². The van der Waals surface area contributed by atoms with Crippen LogP contribution in [0.4, 0.5) is 14.6 Å². The number of anilines is 1. The molecule has 2 amide bonds. The smallest absolute Gasteiger partial charge is 0.240 e. The van der Waals surface area contributed by atoms with Gasteiger partial charge in [-0.25, -0.2) is 13.5 Å². The van der Waals surface area contributed by atoms with Crippen LogP contribution in [0, 0.1) is 25.5 Å². The molecule has 0 saturated carbocycles. The number of carbonyl (C=O) groups is 2. The third kappa shape index (κ3) is 5.25. The second-order valence-corrected chi connectivity index (χ2v) is 10.9. The minimum atomic E-state index is -0.705. The molecule has 40 heavy (non-hydrogen) atoms. The van der Waals surface area contributed by atoms with Crippen LogP contribution in [-0.2, 0) is 9.59 Å². The number of amides is 2. The molecule has 206 valence electrons. The molecule has 4 aromatic rings. The molecule has 0 fully saturated rings. The Kier molecular flexibility index (Phi) is 8.02. The van der Waals surface area contributed by atoms with Crippen molar-refractivity contribution in [2.24, 2.45) is 0 Å². The van der Waals surface area contributed by atoms with Crippen molar-refractivity contribution in [3.8, 4) is 16.9 Å². The average Bonchev–Trinajstić information content (AvgIpc) is 3.27. The Balaban J connectivity index is 1.83. The zero-order chi connectivity index (χ0) is 28.4. The van der Waals surface area contributed by atoms with E-state index in [2.05, 4.69) is 5.32 Å². The van der Waals surface area contributed by atoms with E-state index in [1.165, 1.54) is 28.8 Å². The van der Waals surface area contributed by atoms with E-state index in [4.69, 9.17) is 5.10 Å². The van der Waals surface area contributed by atoms with Crippen LogP contribution in [0.3, 0.4) is 0 Å². The Morgan fingerprint density at radius 3 is 2.58 bits per heavy atom. The maximum absolute atomic E-state index is 15.3. The highest BCUT2D eigenvalue weighted by Crippen LogP contribution is 2.49. The Morgan fingerprint density at radius 1 is 1.07 bits per heavy atom.